The molecular formula is C14H15ClN2O. The van der Waals surface area contributed by atoms with Crippen molar-refractivity contribution in [3.05, 3.63) is 41.0 Å². The Balaban J connectivity index is 1.94. The first-order chi connectivity index (χ1) is 8.83. The minimum Gasteiger partial charge on any atom is -0.379 e. The number of benzene rings is 1. The maximum Gasteiger partial charge on any atom is 0.0733 e. The second kappa shape index (κ2) is 5.22. The number of ether oxygens (including phenoxy) is 1. The Morgan fingerprint density at radius 2 is 2.22 bits per heavy atom. The van der Waals surface area contributed by atoms with E-state index >= 15 is 0 Å². The van der Waals surface area contributed by atoms with Crippen LogP contribution in [-0.2, 0) is 4.74 Å². The molecule has 1 fully saturated rings. The van der Waals surface area contributed by atoms with Gasteiger partial charge in [0.1, 0.15) is 0 Å². The summed E-state index contributed by atoms with van der Waals surface area (Å²) in [5.74, 6) is 0. The molecule has 94 valence electrons. The van der Waals surface area contributed by atoms with E-state index in [1.54, 1.807) is 0 Å². The summed E-state index contributed by atoms with van der Waals surface area (Å²) in [6, 6.07) is 10.1. The van der Waals surface area contributed by atoms with Crippen LogP contribution < -0.4 is 5.32 Å². The molecule has 2 aromatic rings. The van der Waals surface area contributed by atoms with Crippen LogP contribution in [0.1, 0.15) is 18.2 Å². The highest BCUT2D eigenvalue weighted by Crippen LogP contribution is 2.21. The Bertz CT molecular complexity index is 550. The molecule has 1 aromatic carbocycles. The molecule has 1 aromatic heterocycles. The summed E-state index contributed by atoms with van der Waals surface area (Å²) in [4.78, 5) is 4.68. The van der Waals surface area contributed by atoms with Gasteiger partial charge in [0, 0.05) is 17.0 Å². The van der Waals surface area contributed by atoms with Gasteiger partial charge in [-0.05, 0) is 37.2 Å². The molecule has 1 unspecified atom stereocenters. The number of rotatable bonds is 1. The van der Waals surface area contributed by atoms with Gasteiger partial charge in [0.2, 0.25) is 0 Å². The number of nitrogens with one attached hydrogen (secondary N) is 1. The molecule has 4 heteroatoms. The first-order valence-corrected chi connectivity index (χ1v) is 6.58. The molecule has 0 radical (unpaired) electrons. The zero-order valence-corrected chi connectivity index (χ0v) is 10.8. The molecule has 0 bridgehead atoms. The molecule has 0 amide bonds. The Kier molecular flexibility index (Phi) is 3.46. The lowest BCUT2D eigenvalue weighted by atomic mass is 10.1. The van der Waals surface area contributed by atoms with E-state index in [2.05, 4.69) is 16.4 Å². The highest BCUT2D eigenvalue weighted by Gasteiger charge is 2.15. The molecule has 1 saturated heterocycles. The van der Waals surface area contributed by atoms with E-state index in [-0.39, 0.29) is 6.04 Å². The first kappa shape index (κ1) is 11.9. The van der Waals surface area contributed by atoms with E-state index in [1.807, 2.05) is 24.3 Å². The molecule has 18 heavy (non-hydrogen) atoms. The fourth-order valence-corrected chi connectivity index (χ4v) is 2.39. The van der Waals surface area contributed by atoms with E-state index in [0.29, 0.717) is 6.61 Å². The zero-order chi connectivity index (χ0) is 12.4. The van der Waals surface area contributed by atoms with Gasteiger partial charge in [-0.15, -0.1) is 0 Å². The standard InChI is InChI=1S/C14H15ClN2O/c15-11-3-5-12-10(8-11)2-4-13(17-12)14-9-18-7-1-6-16-14/h2-5,8,14,16H,1,6-7,9H2. The predicted molar refractivity (Wildman–Crippen MR) is 72.9 cm³/mol. The summed E-state index contributed by atoms with van der Waals surface area (Å²) in [5, 5.41) is 5.27. The molecule has 3 nitrogen and oxygen atoms in total. The van der Waals surface area contributed by atoms with Gasteiger partial charge in [-0.3, -0.25) is 4.98 Å². The lowest BCUT2D eigenvalue weighted by Gasteiger charge is -2.15. The molecule has 0 aliphatic carbocycles. The molecule has 1 aliphatic rings. The van der Waals surface area contributed by atoms with Crippen molar-refractivity contribution >= 4 is 22.5 Å². The number of fused-ring (bicyclic) bond motifs is 1. The molecule has 3 rings (SSSR count). The van der Waals surface area contributed by atoms with Crippen LogP contribution in [0.25, 0.3) is 10.9 Å². The summed E-state index contributed by atoms with van der Waals surface area (Å²) in [5.41, 5.74) is 2.01. The van der Waals surface area contributed by atoms with Gasteiger partial charge < -0.3 is 10.1 Å². The number of hydrogen-bond donors (Lipinski definition) is 1. The molecule has 1 N–H and O–H groups in total. The summed E-state index contributed by atoms with van der Waals surface area (Å²) in [7, 11) is 0. The van der Waals surface area contributed by atoms with Gasteiger partial charge >= 0.3 is 0 Å². The lowest BCUT2D eigenvalue weighted by Crippen LogP contribution is -2.24. The number of nitrogens with zero attached hydrogens (tertiary/aromatic N) is 1. The summed E-state index contributed by atoms with van der Waals surface area (Å²) in [6.07, 6.45) is 1.06. The van der Waals surface area contributed by atoms with Crippen LogP contribution in [0.4, 0.5) is 0 Å². The van der Waals surface area contributed by atoms with Crippen molar-refractivity contribution in [1.82, 2.24) is 10.3 Å². The minimum absolute atomic E-state index is 0.188. The van der Waals surface area contributed by atoms with E-state index in [4.69, 9.17) is 16.3 Å². The largest absolute Gasteiger partial charge is 0.379 e. The van der Waals surface area contributed by atoms with E-state index in [9.17, 15) is 0 Å². The molecule has 1 aliphatic heterocycles. The van der Waals surface area contributed by atoms with Gasteiger partial charge in [0.25, 0.3) is 0 Å². The maximum atomic E-state index is 5.97. The minimum atomic E-state index is 0.188. The fourth-order valence-electron chi connectivity index (χ4n) is 2.21. The van der Waals surface area contributed by atoms with Crippen LogP contribution in [0.2, 0.25) is 5.02 Å². The second-order valence-corrected chi connectivity index (χ2v) is 4.94. The second-order valence-electron chi connectivity index (χ2n) is 4.51. The molecule has 1 atom stereocenters. The summed E-state index contributed by atoms with van der Waals surface area (Å²) in [6.45, 7) is 2.49. The Morgan fingerprint density at radius 1 is 1.28 bits per heavy atom. The summed E-state index contributed by atoms with van der Waals surface area (Å²) < 4.78 is 5.57. The summed E-state index contributed by atoms with van der Waals surface area (Å²) >= 11 is 5.97. The molecule has 2 heterocycles. The van der Waals surface area contributed by atoms with Crippen molar-refractivity contribution < 1.29 is 4.74 Å². The van der Waals surface area contributed by atoms with Crippen molar-refractivity contribution in [2.75, 3.05) is 19.8 Å². The normalized spacial score (nSPS) is 20.8. The van der Waals surface area contributed by atoms with Crippen LogP contribution in [0.15, 0.2) is 30.3 Å². The van der Waals surface area contributed by atoms with E-state index < -0.39 is 0 Å². The van der Waals surface area contributed by atoms with Crippen LogP contribution >= 0.6 is 11.6 Å². The lowest BCUT2D eigenvalue weighted by molar-refractivity contribution is 0.131. The van der Waals surface area contributed by atoms with E-state index in [1.165, 1.54) is 0 Å². The highest BCUT2D eigenvalue weighted by molar-refractivity contribution is 6.31. The third-order valence-corrected chi connectivity index (χ3v) is 3.41. The van der Waals surface area contributed by atoms with Crippen molar-refractivity contribution in [2.45, 2.75) is 12.5 Å². The van der Waals surface area contributed by atoms with E-state index in [0.717, 1.165) is 41.2 Å². The first-order valence-electron chi connectivity index (χ1n) is 6.20. The zero-order valence-electron chi connectivity index (χ0n) is 10.0. The van der Waals surface area contributed by atoms with Gasteiger partial charge in [-0.2, -0.15) is 0 Å². The Labute approximate surface area is 111 Å². The predicted octanol–water partition coefficient (Wildman–Crippen LogP) is 2.94. The third kappa shape index (κ3) is 2.48. The van der Waals surface area contributed by atoms with Crippen molar-refractivity contribution in [3.63, 3.8) is 0 Å². The van der Waals surface area contributed by atoms with Crippen LogP contribution in [0, 0.1) is 0 Å². The number of aromatic nitrogens is 1. The Morgan fingerprint density at radius 3 is 3.17 bits per heavy atom. The number of halogens is 1. The number of pyridine rings is 1. The van der Waals surface area contributed by atoms with Gasteiger partial charge in [-0.1, -0.05) is 17.7 Å². The van der Waals surface area contributed by atoms with Crippen molar-refractivity contribution in [1.29, 1.82) is 0 Å². The Hall–Kier alpha value is -1.16. The smallest absolute Gasteiger partial charge is 0.0733 e. The monoisotopic (exact) mass is 262 g/mol. The van der Waals surface area contributed by atoms with Crippen molar-refractivity contribution in [3.8, 4) is 0 Å². The maximum absolute atomic E-state index is 5.97. The SMILES string of the molecule is Clc1ccc2nc(C3COCCCN3)ccc2c1. The quantitative estimate of drug-likeness (QED) is 0.858. The van der Waals surface area contributed by atoms with Crippen LogP contribution in [0.5, 0.6) is 0 Å². The topological polar surface area (TPSA) is 34.1 Å². The third-order valence-electron chi connectivity index (χ3n) is 3.17. The molecule has 0 spiro atoms. The molecule has 0 saturated carbocycles. The van der Waals surface area contributed by atoms with Crippen LogP contribution in [-0.4, -0.2) is 24.7 Å². The van der Waals surface area contributed by atoms with Gasteiger partial charge in [0.05, 0.1) is 23.9 Å². The highest BCUT2D eigenvalue weighted by atomic mass is 35.5. The average molecular weight is 263 g/mol. The van der Waals surface area contributed by atoms with Crippen LogP contribution in [0.3, 0.4) is 0 Å². The molecular weight excluding hydrogens is 248 g/mol. The fraction of sp³-hybridized carbons (Fsp3) is 0.357. The number of hydrogen-bond acceptors (Lipinski definition) is 3. The average Bonchev–Trinajstić information content (AvgIpc) is 2.67. The van der Waals surface area contributed by atoms with Gasteiger partial charge in [-0.25, -0.2) is 0 Å². The van der Waals surface area contributed by atoms with Gasteiger partial charge in [0.15, 0.2) is 0 Å². The van der Waals surface area contributed by atoms with Crippen molar-refractivity contribution in [2.24, 2.45) is 0 Å².